The van der Waals surface area contributed by atoms with Gasteiger partial charge in [-0.1, -0.05) is 26.7 Å². The fourth-order valence-electron chi connectivity index (χ4n) is 3.47. The lowest BCUT2D eigenvalue weighted by molar-refractivity contribution is 0.0741. The van der Waals surface area contributed by atoms with Crippen molar-refractivity contribution in [3.8, 4) is 0 Å². The Hall–Kier alpha value is -0.500. The van der Waals surface area contributed by atoms with E-state index in [1.165, 1.54) is 44.3 Å². The van der Waals surface area contributed by atoms with Crippen LogP contribution in [0.3, 0.4) is 0 Å². The van der Waals surface area contributed by atoms with Gasteiger partial charge in [-0.3, -0.25) is 0 Å². The van der Waals surface area contributed by atoms with Crippen LogP contribution in [0.1, 0.15) is 52.4 Å². The molecule has 98 valence electrons. The highest BCUT2D eigenvalue weighted by molar-refractivity contribution is 5.10. The van der Waals surface area contributed by atoms with Crippen LogP contribution in [0.2, 0.25) is 0 Å². The minimum Gasteiger partial charge on any atom is -0.497 e. The number of rotatable bonds is 3. The fourth-order valence-corrected chi connectivity index (χ4v) is 3.47. The summed E-state index contributed by atoms with van der Waals surface area (Å²) in [5, 5.41) is 3.50. The molecular formula is C15H27NO. The van der Waals surface area contributed by atoms with Gasteiger partial charge in [0.2, 0.25) is 0 Å². The summed E-state index contributed by atoms with van der Waals surface area (Å²) >= 11 is 0. The Kier molecular flexibility index (Phi) is 4.13. The molecule has 2 heteroatoms. The summed E-state index contributed by atoms with van der Waals surface area (Å²) in [5.74, 6) is 1.92. The molecule has 2 unspecified atom stereocenters. The van der Waals surface area contributed by atoms with Crippen molar-refractivity contribution in [3.05, 3.63) is 11.8 Å². The first-order valence-electron chi connectivity index (χ1n) is 7.15. The molecule has 0 aromatic heterocycles. The number of ether oxygens (including phenoxy) is 1. The largest absolute Gasteiger partial charge is 0.497 e. The molecule has 0 aromatic carbocycles. The van der Waals surface area contributed by atoms with Crippen molar-refractivity contribution in [1.29, 1.82) is 0 Å². The highest BCUT2D eigenvalue weighted by Gasteiger charge is 2.39. The zero-order chi connectivity index (χ0) is 12.3. The molecule has 1 fully saturated rings. The second-order valence-electron chi connectivity index (χ2n) is 6.20. The van der Waals surface area contributed by atoms with E-state index in [0.717, 1.165) is 6.61 Å². The van der Waals surface area contributed by atoms with Gasteiger partial charge in [-0.05, 0) is 50.1 Å². The predicted octanol–water partition coefficient (Wildman–Crippen LogP) is 3.49. The van der Waals surface area contributed by atoms with Crippen molar-refractivity contribution in [2.75, 3.05) is 13.7 Å². The lowest BCUT2D eigenvalue weighted by atomic mass is 9.65. The van der Waals surface area contributed by atoms with Crippen molar-refractivity contribution in [2.24, 2.45) is 11.3 Å². The van der Waals surface area contributed by atoms with Crippen molar-refractivity contribution >= 4 is 0 Å². The molecule has 0 spiro atoms. The van der Waals surface area contributed by atoms with Crippen molar-refractivity contribution in [2.45, 2.75) is 58.4 Å². The van der Waals surface area contributed by atoms with E-state index in [2.05, 4.69) is 32.3 Å². The van der Waals surface area contributed by atoms with Crippen LogP contribution < -0.4 is 5.32 Å². The van der Waals surface area contributed by atoms with Gasteiger partial charge in [0.05, 0.1) is 12.6 Å². The van der Waals surface area contributed by atoms with Crippen LogP contribution in [0, 0.1) is 11.3 Å². The van der Waals surface area contributed by atoms with E-state index in [0.29, 0.717) is 17.4 Å². The fraction of sp³-hybridized carbons (Fsp3) is 0.867. The molecule has 1 N–H and O–H groups in total. The van der Waals surface area contributed by atoms with E-state index in [1.807, 2.05) is 0 Å². The smallest absolute Gasteiger partial charge is 0.109 e. The molecule has 0 saturated heterocycles. The van der Waals surface area contributed by atoms with E-state index in [4.69, 9.17) is 4.74 Å². The predicted molar refractivity (Wildman–Crippen MR) is 71.9 cm³/mol. The van der Waals surface area contributed by atoms with Crippen LogP contribution in [0.25, 0.3) is 0 Å². The Balaban J connectivity index is 2.13. The number of hydrogen-bond acceptors (Lipinski definition) is 2. The van der Waals surface area contributed by atoms with Crippen molar-refractivity contribution in [3.63, 3.8) is 0 Å². The first-order chi connectivity index (χ1) is 8.15. The molecule has 0 aromatic rings. The Labute approximate surface area is 106 Å². The van der Waals surface area contributed by atoms with Crippen LogP contribution in [-0.2, 0) is 4.74 Å². The van der Waals surface area contributed by atoms with Gasteiger partial charge in [0, 0.05) is 0 Å². The summed E-state index contributed by atoms with van der Waals surface area (Å²) in [4.78, 5) is 0. The van der Waals surface area contributed by atoms with Gasteiger partial charge in [0.15, 0.2) is 0 Å². The molecule has 2 nitrogen and oxygen atoms in total. The van der Waals surface area contributed by atoms with Crippen molar-refractivity contribution in [1.82, 2.24) is 5.32 Å². The zero-order valence-electron chi connectivity index (χ0n) is 11.6. The minimum absolute atomic E-state index is 0.422. The summed E-state index contributed by atoms with van der Waals surface area (Å²) in [6.45, 7) is 5.74. The maximum Gasteiger partial charge on any atom is 0.109 e. The molecule has 2 aliphatic rings. The average molecular weight is 237 g/mol. The maximum absolute atomic E-state index is 5.88. The number of allylic oxidation sites excluding steroid dienone is 1. The van der Waals surface area contributed by atoms with E-state index in [9.17, 15) is 0 Å². The maximum atomic E-state index is 5.88. The lowest BCUT2D eigenvalue weighted by Gasteiger charge is -2.44. The standard InChI is InChI=1S/C15H27NO/c1-15(2)10-6-4-8-12(15)14(16-3)13-9-5-7-11-17-13/h9,12,14,16H,4-8,10-11H2,1-3H3. The summed E-state index contributed by atoms with van der Waals surface area (Å²) < 4.78 is 5.88. The van der Waals surface area contributed by atoms with Gasteiger partial charge in [0.25, 0.3) is 0 Å². The summed E-state index contributed by atoms with van der Waals surface area (Å²) in [6, 6.07) is 0.422. The summed E-state index contributed by atoms with van der Waals surface area (Å²) in [5.41, 5.74) is 0.438. The molecule has 17 heavy (non-hydrogen) atoms. The highest BCUT2D eigenvalue weighted by Crippen LogP contribution is 2.44. The molecule has 1 heterocycles. The molecule has 1 saturated carbocycles. The number of nitrogens with one attached hydrogen (secondary N) is 1. The van der Waals surface area contributed by atoms with E-state index < -0.39 is 0 Å². The number of hydrogen-bond donors (Lipinski definition) is 1. The van der Waals surface area contributed by atoms with Crippen LogP contribution >= 0.6 is 0 Å². The van der Waals surface area contributed by atoms with Crippen LogP contribution in [0.4, 0.5) is 0 Å². The topological polar surface area (TPSA) is 21.3 Å². The van der Waals surface area contributed by atoms with Crippen molar-refractivity contribution < 1.29 is 4.74 Å². The third-order valence-electron chi connectivity index (χ3n) is 4.57. The van der Waals surface area contributed by atoms with Crippen LogP contribution in [0.5, 0.6) is 0 Å². The van der Waals surface area contributed by atoms with Gasteiger partial charge in [-0.25, -0.2) is 0 Å². The molecule has 0 bridgehead atoms. The molecule has 2 atom stereocenters. The third kappa shape index (κ3) is 2.85. The average Bonchev–Trinajstić information content (AvgIpc) is 2.33. The quantitative estimate of drug-likeness (QED) is 0.811. The lowest BCUT2D eigenvalue weighted by Crippen LogP contribution is -2.45. The monoisotopic (exact) mass is 237 g/mol. The molecule has 1 aliphatic heterocycles. The van der Waals surface area contributed by atoms with Gasteiger partial charge in [0.1, 0.15) is 5.76 Å². The second kappa shape index (κ2) is 5.43. The Bertz CT molecular complexity index is 283. The van der Waals surface area contributed by atoms with Gasteiger partial charge >= 0.3 is 0 Å². The minimum atomic E-state index is 0.422. The SMILES string of the molecule is CNC(C1=CCCCO1)C1CCCCC1(C)C. The molecule has 2 rings (SSSR count). The molecule has 0 amide bonds. The summed E-state index contributed by atoms with van der Waals surface area (Å²) in [7, 11) is 2.08. The first-order valence-corrected chi connectivity index (χ1v) is 7.15. The second-order valence-corrected chi connectivity index (χ2v) is 6.20. The van der Waals surface area contributed by atoms with Crippen LogP contribution in [0.15, 0.2) is 11.8 Å². The summed E-state index contributed by atoms with van der Waals surface area (Å²) in [6.07, 6.45) is 10.1. The number of likely N-dealkylation sites (N-methyl/N-ethyl adjacent to an activating group) is 1. The first kappa shape index (κ1) is 12.9. The van der Waals surface area contributed by atoms with E-state index in [1.54, 1.807) is 0 Å². The Morgan fingerprint density at radius 1 is 1.35 bits per heavy atom. The van der Waals surface area contributed by atoms with E-state index in [-0.39, 0.29) is 0 Å². The zero-order valence-corrected chi connectivity index (χ0v) is 11.6. The van der Waals surface area contributed by atoms with Crippen LogP contribution in [-0.4, -0.2) is 19.7 Å². The third-order valence-corrected chi connectivity index (χ3v) is 4.57. The Morgan fingerprint density at radius 3 is 2.76 bits per heavy atom. The molecular weight excluding hydrogens is 210 g/mol. The van der Waals surface area contributed by atoms with Gasteiger partial charge < -0.3 is 10.1 Å². The molecule has 0 radical (unpaired) electrons. The van der Waals surface area contributed by atoms with E-state index >= 15 is 0 Å². The van der Waals surface area contributed by atoms with Gasteiger partial charge in [-0.15, -0.1) is 0 Å². The Morgan fingerprint density at radius 2 is 2.18 bits per heavy atom. The molecule has 1 aliphatic carbocycles. The normalized spacial score (nSPS) is 30.3. The highest BCUT2D eigenvalue weighted by atomic mass is 16.5. The van der Waals surface area contributed by atoms with Gasteiger partial charge in [-0.2, -0.15) is 0 Å².